The molecule has 0 bridgehead atoms. The molecule has 11 heteroatoms. The number of carbonyl (C=O) groups is 3. The fourth-order valence-corrected chi connectivity index (χ4v) is 2.70. The molecule has 34 heavy (non-hydrogen) atoms. The van der Waals surface area contributed by atoms with Crippen molar-refractivity contribution in [2.45, 2.75) is 25.5 Å². The topological polar surface area (TPSA) is 197 Å². The van der Waals surface area contributed by atoms with Gasteiger partial charge in [-0.25, -0.2) is 9.59 Å². The average molecular weight is 478 g/mol. The number of aliphatic hydroxyl groups excluding tert-OH is 1. The zero-order valence-electron chi connectivity index (χ0n) is 18.8. The molecule has 0 aliphatic heterocycles. The second-order valence-electron chi connectivity index (χ2n) is 6.93. The van der Waals surface area contributed by atoms with Gasteiger partial charge in [0.25, 0.3) is 0 Å². The Morgan fingerprint density at radius 3 is 2.15 bits per heavy atom. The molecule has 8 N–H and O–H groups in total. The number of aliphatic carboxylic acids is 2. The van der Waals surface area contributed by atoms with Gasteiger partial charge in [-0.05, 0) is 48.7 Å². The van der Waals surface area contributed by atoms with E-state index in [2.05, 4.69) is 10.6 Å². The van der Waals surface area contributed by atoms with Crippen LogP contribution in [-0.4, -0.2) is 63.9 Å². The van der Waals surface area contributed by atoms with E-state index in [1.165, 1.54) is 11.6 Å². The molecule has 2 aromatic carbocycles. The fourth-order valence-electron chi connectivity index (χ4n) is 2.70. The Bertz CT molecular complexity index is 930. The number of phenolic OH excluding ortho intramolecular Hbond substituents is 1. The molecule has 0 aliphatic rings. The highest BCUT2D eigenvalue weighted by atomic mass is 16.5. The van der Waals surface area contributed by atoms with Crippen LogP contribution in [0.5, 0.6) is 11.5 Å². The summed E-state index contributed by atoms with van der Waals surface area (Å²) in [5, 5.41) is 41.3. The Labute approximate surface area is 196 Å². The molecular weight excluding hydrogens is 448 g/mol. The van der Waals surface area contributed by atoms with Crippen molar-refractivity contribution in [3.8, 4) is 11.5 Å². The van der Waals surface area contributed by atoms with Crippen LogP contribution in [0.1, 0.15) is 24.2 Å². The van der Waals surface area contributed by atoms with Gasteiger partial charge in [-0.15, -0.1) is 0 Å². The van der Waals surface area contributed by atoms with Crippen LogP contribution in [0.3, 0.4) is 0 Å². The van der Waals surface area contributed by atoms with E-state index in [-0.39, 0.29) is 23.0 Å². The molecule has 0 aliphatic carbocycles. The van der Waals surface area contributed by atoms with Gasteiger partial charge in [0.05, 0.1) is 18.9 Å². The summed E-state index contributed by atoms with van der Waals surface area (Å²) < 4.78 is 5.14. The molecule has 0 heterocycles. The second-order valence-corrected chi connectivity index (χ2v) is 6.93. The van der Waals surface area contributed by atoms with E-state index in [1.54, 1.807) is 19.2 Å². The van der Waals surface area contributed by atoms with Crippen molar-refractivity contribution in [2.24, 2.45) is 0 Å². The number of nitrogens with one attached hydrogen (secondary N) is 2. The summed E-state index contributed by atoms with van der Waals surface area (Å²) in [7, 11) is 1.64. The third-order valence-electron chi connectivity index (χ3n) is 4.35. The predicted octanol–water partition coefficient (Wildman–Crippen LogP) is 1.11. The number of aliphatic hydroxyl groups is 1. The van der Waals surface area contributed by atoms with Crippen molar-refractivity contribution in [3.05, 3.63) is 65.7 Å². The molecule has 0 fully saturated rings. The number of carbonyl (C=O) groups excluding carboxylic acids is 1. The van der Waals surface area contributed by atoms with Crippen molar-refractivity contribution in [1.29, 1.82) is 0 Å². The average Bonchev–Trinajstić information content (AvgIpc) is 2.78. The van der Waals surface area contributed by atoms with Crippen LogP contribution in [0.15, 0.2) is 54.6 Å². The molecule has 0 saturated carbocycles. The molecule has 1 amide bonds. The van der Waals surface area contributed by atoms with Crippen LogP contribution in [-0.2, 0) is 20.8 Å². The minimum absolute atomic E-state index is 0. The zero-order chi connectivity index (χ0) is 24.8. The van der Waals surface area contributed by atoms with Gasteiger partial charge in [0, 0.05) is 24.7 Å². The quantitative estimate of drug-likeness (QED) is 0.156. The number of hydrogen-bond acceptors (Lipinski definition) is 7. The zero-order valence-corrected chi connectivity index (χ0v) is 18.8. The largest absolute Gasteiger partial charge is 0.506 e. The molecule has 2 atom stereocenters. The van der Waals surface area contributed by atoms with Gasteiger partial charge >= 0.3 is 11.9 Å². The van der Waals surface area contributed by atoms with Crippen LogP contribution in [0.4, 0.5) is 5.69 Å². The van der Waals surface area contributed by atoms with Crippen molar-refractivity contribution in [1.82, 2.24) is 5.32 Å². The van der Waals surface area contributed by atoms with Crippen molar-refractivity contribution >= 4 is 24.0 Å². The Kier molecular flexibility index (Phi) is 14.0. The first-order chi connectivity index (χ1) is 15.7. The lowest BCUT2D eigenvalue weighted by molar-refractivity contribution is -0.134. The first-order valence-electron chi connectivity index (χ1n) is 9.87. The lowest BCUT2D eigenvalue weighted by Crippen LogP contribution is -2.32. The molecule has 11 nitrogen and oxygen atoms in total. The predicted molar refractivity (Wildman–Crippen MR) is 125 cm³/mol. The Morgan fingerprint density at radius 2 is 1.65 bits per heavy atom. The van der Waals surface area contributed by atoms with Crippen LogP contribution in [0.25, 0.3) is 0 Å². The highest BCUT2D eigenvalue weighted by Gasteiger charge is 2.12. The number of carboxylic acid groups (broad SMARTS) is 2. The molecule has 0 spiro atoms. The summed E-state index contributed by atoms with van der Waals surface area (Å²) in [4.78, 5) is 29.6. The third kappa shape index (κ3) is 11.6. The maximum absolute atomic E-state index is 10.5. The van der Waals surface area contributed by atoms with Gasteiger partial charge < -0.3 is 41.3 Å². The molecule has 0 aromatic heterocycles. The molecule has 2 rings (SSSR count). The number of amides is 1. The minimum Gasteiger partial charge on any atom is -0.506 e. The van der Waals surface area contributed by atoms with Crippen molar-refractivity contribution < 1.29 is 45.0 Å². The summed E-state index contributed by atoms with van der Waals surface area (Å²) in [6.07, 6.45) is 1.68. The van der Waals surface area contributed by atoms with Gasteiger partial charge in [-0.3, -0.25) is 4.79 Å². The third-order valence-corrected chi connectivity index (χ3v) is 4.35. The summed E-state index contributed by atoms with van der Waals surface area (Å²) in [5.74, 6) is -1.73. The number of phenols is 1. The number of benzene rings is 2. The number of methoxy groups -OCH3 is 1. The van der Waals surface area contributed by atoms with E-state index in [4.69, 9.17) is 14.9 Å². The van der Waals surface area contributed by atoms with E-state index >= 15 is 0 Å². The van der Waals surface area contributed by atoms with Gasteiger partial charge in [-0.2, -0.15) is 0 Å². The standard InChI is InChI=1S/C19H24N2O4.C4H4O4.H2O/c1-13(9-14-3-6-16(25-2)7-4-14)20-11-19(24)15-5-8-18(23)17(10-15)21-12-22;5-3(6)1-2-4(7)8;/h3-8,10,12-13,19-20,23-24H,9,11H2,1-2H3,(H,21,22);1-2H,(H,5,6)(H,7,8);1H2/b;2-1+;/t13-,19+;;/m1../s1. The maximum Gasteiger partial charge on any atom is 0.328 e. The smallest absolute Gasteiger partial charge is 0.328 e. The first-order valence-corrected chi connectivity index (χ1v) is 9.87. The fraction of sp³-hybridized carbons (Fsp3) is 0.261. The monoisotopic (exact) mass is 478 g/mol. The molecular formula is C23H30N2O9. The van der Waals surface area contributed by atoms with Gasteiger partial charge in [0.1, 0.15) is 11.5 Å². The minimum atomic E-state index is -1.26. The number of aromatic hydroxyl groups is 1. The van der Waals surface area contributed by atoms with Crippen LogP contribution in [0, 0.1) is 0 Å². The number of hydrogen-bond donors (Lipinski definition) is 6. The lowest BCUT2D eigenvalue weighted by atomic mass is 10.1. The van der Waals surface area contributed by atoms with Crippen molar-refractivity contribution in [3.63, 3.8) is 0 Å². The summed E-state index contributed by atoms with van der Waals surface area (Å²) in [6.45, 7) is 2.41. The van der Waals surface area contributed by atoms with E-state index in [9.17, 15) is 24.6 Å². The van der Waals surface area contributed by atoms with E-state index in [0.717, 1.165) is 12.2 Å². The molecule has 186 valence electrons. The van der Waals surface area contributed by atoms with E-state index in [0.29, 0.717) is 30.7 Å². The Balaban J connectivity index is 0.00000104. The van der Waals surface area contributed by atoms with Crippen LogP contribution in [0.2, 0.25) is 0 Å². The van der Waals surface area contributed by atoms with Crippen LogP contribution >= 0.6 is 0 Å². The number of carboxylic acids is 2. The second kappa shape index (κ2) is 15.8. The number of anilines is 1. The van der Waals surface area contributed by atoms with E-state index in [1.807, 2.05) is 31.2 Å². The molecule has 0 saturated heterocycles. The highest BCUT2D eigenvalue weighted by molar-refractivity contribution is 5.89. The summed E-state index contributed by atoms with van der Waals surface area (Å²) in [5.41, 5.74) is 2.07. The van der Waals surface area contributed by atoms with E-state index < -0.39 is 18.0 Å². The molecule has 0 radical (unpaired) electrons. The van der Waals surface area contributed by atoms with Crippen molar-refractivity contribution in [2.75, 3.05) is 19.0 Å². The summed E-state index contributed by atoms with van der Waals surface area (Å²) in [6, 6.07) is 12.7. The Hall–Kier alpha value is -3.93. The molecule has 2 aromatic rings. The molecule has 0 unspecified atom stereocenters. The lowest BCUT2D eigenvalue weighted by Gasteiger charge is -2.18. The van der Waals surface area contributed by atoms with Crippen LogP contribution < -0.4 is 15.4 Å². The Morgan fingerprint density at radius 1 is 1.06 bits per heavy atom. The van der Waals surface area contributed by atoms with Gasteiger partial charge in [0.2, 0.25) is 6.41 Å². The highest BCUT2D eigenvalue weighted by Crippen LogP contribution is 2.26. The van der Waals surface area contributed by atoms with Gasteiger partial charge in [0.15, 0.2) is 0 Å². The number of rotatable bonds is 11. The number of ether oxygens (including phenoxy) is 1. The maximum atomic E-state index is 10.5. The van der Waals surface area contributed by atoms with Gasteiger partial charge in [-0.1, -0.05) is 18.2 Å². The first kappa shape index (κ1) is 30.1. The SMILES string of the molecule is COc1ccc(C[C@@H](C)NC[C@H](O)c2ccc(O)c(NC=O)c2)cc1.O.O=C(O)/C=C/C(=O)O. The summed E-state index contributed by atoms with van der Waals surface area (Å²) >= 11 is 0. The normalized spacial score (nSPS) is 11.9.